The SMILES string of the molecule is C=CCC1=C2C(=O)C(Br)c3nsnc3C2=C(Br)[N+]1=O. The molecule has 1 atom stereocenters. The van der Waals surface area contributed by atoms with E-state index in [-0.39, 0.29) is 5.78 Å². The number of hydrogen-bond acceptors (Lipinski definition) is 5. The largest absolute Gasteiger partial charge is 0.314 e. The Labute approximate surface area is 129 Å². The van der Waals surface area contributed by atoms with E-state index in [0.717, 1.165) is 16.5 Å². The molecule has 3 rings (SSSR count). The first-order valence-electron chi connectivity index (χ1n) is 5.30. The zero-order valence-electron chi connectivity index (χ0n) is 9.39. The lowest BCUT2D eigenvalue weighted by molar-refractivity contribution is -0.427. The Kier molecular flexibility index (Phi) is 3.11. The van der Waals surface area contributed by atoms with Gasteiger partial charge in [0.2, 0.25) is 0 Å². The number of carbonyl (C=O) groups is 1. The summed E-state index contributed by atoms with van der Waals surface area (Å²) in [6, 6.07) is 0. The maximum absolute atomic E-state index is 12.4. The van der Waals surface area contributed by atoms with Crippen molar-refractivity contribution in [3.63, 3.8) is 0 Å². The van der Waals surface area contributed by atoms with Crippen LogP contribution in [0.3, 0.4) is 0 Å². The molecule has 5 nitrogen and oxygen atoms in total. The summed E-state index contributed by atoms with van der Waals surface area (Å²) in [4.78, 5) is 24.0. The van der Waals surface area contributed by atoms with Gasteiger partial charge in [-0.05, 0) is 0 Å². The van der Waals surface area contributed by atoms with Gasteiger partial charge in [-0.15, -0.1) is 6.58 Å². The van der Waals surface area contributed by atoms with Crippen LogP contribution >= 0.6 is 43.6 Å². The summed E-state index contributed by atoms with van der Waals surface area (Å²) in [5.41, 5.74) is 2.50. The lowest BCUT2D eigenvalue weighted by Crippen LogP contribution is -2.19. The summed E-state index contributed by atoms with van der Waals surface area (Å²) in [7, 11) is 0. The topological polar surface area (TPSA) is 62.9 Å². The monoisotopic (exact) mass is 402 g/mol. The van der Waals surface area contributed by atoms with Crippen LogP contribution in [-0.4, -0.2) is 19.3 Å². The molecule has 1 aliphatic heterocycles. The number of alkyl halides is 1. The molecule has 8 heteroatoms. The molecule has 0 saturated heterocycles. The predicted octanol–water partition coefficient (Wildman–Crippen LogP) is 3.24. The van der Waals surface area contributed by atoms with Crippen molar-refractivity contribution in [3.05, 3.63) is 44.8 Å². The Balaban J connectivity index is 2.34. The van der Waals surface area contributed by atoms with E-state index in [1.807, 2.05) is 0 Å². The lowest BCUT2D eigenvalue weighted by Gasteiger charge is -2.15. The summed E-state index contributed by atoms with van der Waals surface area (Å²) in [5, 5.41) is 0. The second-order valence-corrected chi connectivity index (χ2v) is 6.19. The third-order valence-corrected chi connectivity index (χ3v) is 5.08. The van der Waals surface area contributed by atoms with Gasteiger partial charge in [-0.2, -0.15) is 8.75 Å². The molecule has 1 aliphatic carbocycles. The minimum absolute atomic E-state index is 0.164. The van der Waals surface area contributed by atoms with Gasteiger partial charge in [0.1, 0.15) is 27.4 Å². The van der Waals surface area contributed by atoms with Gasteiger partial charge in [0, 0.05) is 20.8 Å². The van der Waals surface area contributed by atoms with Crippen molar-refractivity contribution in [3.8, 4) is 0 Å². The van der Waals surface area contributed by atoms with Gasteiger partial charge in [-0.3, -0.25) is 4.79 Å². The highest BCUT2D eigenvalue weighted by Crippen LogP contribution is 2.49. The lowest BCUT2D eigenvalue weighted by atomic mass is 9.89. The summed E-state index contributed by atoms with van der Waals surface area (Å²) in [5.74, 6) is -0.164. The predicted molar refractivity (Wildman–Crippen MR) is 77.9 cm³/mol. The smallest absolute Gasteiger partial charge is 0.292 e. The Hall–Kier alpha value is -0.990. The third kappa shape index (κ3) is 1.66. The highest BCUT2D eigenvalue weighted by Gasteiger charge is 2.50. The van der Waals surface area contributed by atoms with E-state index in [9.17, 15) is 9.70 Å². The van der Waals surface area contributed by atoms with Gasteiger partial charge in [-0.25, -0.2) is 0 Å². The number of nitrogens with zero attached hydrogens (tertiary/aromatic N) is 3. The molecule has 0 spiro atoms. The molecule has 0 aromatic carbocycles. The van der Waals surface area contributed by atoms with Crippen LogP contribution in [0, 0.1) is 4.91 Å². The average molecular weight is 404 g/mol. The van der Waals surface area contributed by atoms with Gasteiger partial charge in [0.25, 0.3) is 5.70 Å². The molecule has 0 bridgehead atoms. The normalized spacial score (nSPS) is 21.9. The minimum Gasteiger partial charge on any atom is -0.292 e. The fourth-order valence-corrected chi connectivity index (χ4v) is 4.03. The van der Waals surface area contributed by atoms with Crippen LogP contribution in [0.4, 0.5) is 0 Å². The Morgan fingerprint density at radius 3 is 2.84 bits per heavy atom. The first-order valence-corrected chi connectivity index (χ1v) is 7.74. The third-order valence-electron chi connectivity index (χ3n) is 2.97. The number of fused-ring (bicyclic) bond motifs is 3. The van der Waals surface area contributed by atoms with Crippen molar-refractivity contribution in [1.82, 2.24) is 8.75 Å². The minimum atomic E-state index is -0.549. The Morgan fingerprint density at radius 1 is 1.42 bits per heavy atom. The van der Waals surface area contributed by atoms with Gasteiger partial charge in [0.15, 0.2) is 5.78 Å². The van der Waals surface area contributed by atoms with Crippen molar-refractivity contribution >= 4 is 54.9 Å². The Bertz CT molecular complexity index is 705. The molecule has 2 heterocycles. The number of halogens is 2. The zero-order chi connectivity index (χ0) is 13.7. The molecule has 19 heavy (non-hydrogen) atoms. The summed E-state index contributed by atoms with van der Waals surface area (Å²) < 4.78 is 9.35. The molecule has 0 N–H and O–H groups in total. The number of nitroso groups, excluding NO2 is 1. The van der Waals surface area contributed by atoms with Crippen molar-refractivity contribution in [1.29, 1.82) is 0 Å². The highest BCUT2D eigenvalue weighted by molar-refractivity contribution is 9.11. The second-order valence-electron chi connectivity index (χ2n) is 4.00. The maximum atomic E-state index is 12.4. The molecule has 0 radical (unpaired) electrons. The van der Waals surface area contributed by atoms with Gasteiger partial charge in [0.05, 0.1) is 22.9 Å². The fourth-order valence-electron chi connectivity index (χ4n) is 2.16. The van der Waals surface area contributed by atoms with Crippen LogP contribution in [0.5, 0.6) is 0 Å². The fraction of sp³-hybridized carbons (Fsp3) is 0.182. The maximum Gasteiger partial charge on any atom is 0.314 e. The van der Waals surface area contributed by atoms with Crippen LogP contribution in [-0.2, 0) is 4.79 Å². The summed E-state index contributed by atoms with van der Waals surface area (Å²) in [6.45, 7) is 3.62. The number of ketones is 1. The molecule has 1 aromatic rings. The molecule has 0 fully saturated rings. The number of rotatable bonds is 2. The van der Waals surface area contributed by atoms with E-state index in [1.54, 1.807) is 6.08 Å². The number of Topliss-reactive ketones (excluding diaryl/α,β-unsaturated/α-hetero) is 1. The molecule has 1 aromatic heterocycles. The Morgan fingerprint density at radius 2 is 2.16 bits per heavy atom. The van der Waals surface area contributed by atoms with E-state index in [1.165, 1.54) is 0 Å². The molecule has 2 aliphatic rings. The number of hydrogen-bond donors (Lipinski definition) is 0. The molecular formula is C11H6Br2N3O2S+. The van der Waals surface area contributed by atoms with E-state index in [0.29, 0.717) is 39.3 Å². The molecular weight excluding hydrogens is 398 g/mol. The molecule has 0 saturated carbocycles. The van der Waals surface area contributed by atoms with Gasteiger partial charge < -0.3 is 0 Å². The van der Waals surface area contributed by atoms with Gasteiger partial charge >= 0.3 is 4.61 Å². The highest BCUT2D eigenvalue weighted by atomic mass is 79.9. The van der Waals surface area contributed by atoms with Crippen LogP contribution in [0.1, 0.15) is 22.6 Å². The number of aromatic nitrogens is 2. The standard InChI is InChI=1S/C11H6Br2N3O2S/c1-2-3-4-5-6(11(13)16(4)18)8-9(15-19-14-8)7(12)10(5)17/h2,7H,1,3H2/q+1. The second kappa shape index (κ2) is 4.53. The molecule has 1 unspecified atom stereocenters. The average Bonchev–Trinajstić information content (AvgIpc) is 2.95. The summed E-state index contributed by atoms with van der Waals surface area (Å²) in [6.07, 6.45) is 1.93. The van der Waals surface area contributed by atoms with Crippen LogP contribution < -0.4 is 0 Å². The van der Waals surface area contributed by atoms with Crippen molar-refractivity contribution < 1.29 is 9.55 Å². The summed E-state index contributed by atoms with van der Waals surface area (Å²) >= 11 is 7.59. The van der Waals surface area contributed by atoms with E-state index in [4.69, 9.17) is 0 Å². The molecule has 0 amide bonds. The first-order chi connectivity index (χ1) is 9.07. The first kappa shape index (κ1) is 13.0. The quantitative estimate of drug-likeness (QED) is 0.329. The van der Waals surface area contributed by atoms with Crippen LogP contribution in [0.25, 0.3) is 5.57 Å². The van der Waals surface area contributed by atoms with E-state index < -0.39 is 4.83 Å². The van der Waals surface area contributed by atoms with Crippen molar-refractivity contribution in [2.75, 3.05) is 0 Å². The van der Waals surface area contributed by atoms with Crippen LogP contribution in [0.2, 0.25) is 0 Å². The number of allylic oxidation sites excluding steroid dienone is 3. The van der Waals surface area contributed by atoms with Crippen molar-refractivity contribution in [2.45, 2.75) is 11.2 Å². The van der Waals surface area contributed by atoms with E-state index >= 15 is 0 Å². The number of carbonyl (C=O) groups excluding carboxylic acids is 1. The molecule has 96 valence electrons. The van der Waals surface area contributed by atoms with Crippen molar-refractivity contribution in [2.24, 2.45) is 0 Å². The van der Waals surface area contributed by atoms with E-state index in [2.05, 4.69) is 47.2 Å². The van der Waals surface area contributed by atoms with Crippen LogP contribution in [0.15, 0.2) is 28.5 Å². The van der Waals surface area contributed by atoms with Gasteiger partial charge in [-0.1, -0.05) is 22.0 Å². The zero-order valence-corrected chi connectivity index (χ0v) is 13.4.